The van der Waals surface area contributed by atoms with Gasteiger partial charge in [0.2, 0.25) is 10.0 Å². The second-order valence-corrected chi connectivity index (χ2v) is 7.06. The molecule has 2 aromatic carbocycles. The first-order chi connectivity index (χ1) is 9.89. The van der Waals surface area contributed by atoms with Gasteiger partial charge in [0, 0.05) is 32.0 Å². The molecular formula is C15H19N3O2S. The van der Waals surface area contributed by atoms with Gasteiger partial charge in [-0.1, -0.05) is 12.1 Å². The summed E-state index contributed by atoms with van der Waals surface area (Å²) in [5, 5.41) is 3.24. The van der Waals surface area contributed by atoms with E-state index in [4.69, 9.17) is 5.73 Å². The van der Waals surface area contributed by atoms with E-state index < -0.39 is 10.0 Å². The molecule has 0 aromatic heterocycles. The largest absolute Gasteiger partial charge is 0.399 e. The van der Waals surface area contributed by atoms with Gasteiger partial charge in [-0.25, -0.2) is 12.7 Å². The summed E-state index contributed by atoms with van der Waals surface area (Å²) >= 11 is 0. The van der Waals surface area contributed by atoms with Crippen LogP contribution in [0.25, 0.3) is 0 Å². The van der Waals surface area contributed by atoms with Gasteiger partial charge in [-0.2, -0.15) is 0 Å². The van der Waals surface area contributed by atoms with Crippen molar-refractivity contribution < 1.29 is 8.42 Å². The minimum absolute atomic E-state index is 0.283. The first-order valence-corrected chi connectivity index (χ1v) is 7.94. The molecule has 0 spiro atoms. The standard InChI is InChI=1S/C15H19N3O2S/c1-18(2)21(19,20)15-9-7-14(8-10-15)17-11-12-3-5-13(16)6-4-12/h3-10,17H,11,16H2,1-2H3. The summed E-state index contributed by atoms with van der Waals surface area (Å²) in [7, 11) is -0.341. The predicted octanol–water partition coefficient (Wildman–Crippen LogP) is 2.13. The van der Waals surface area contributed by atoms with E-state index in [1.54, 1.807) is 24.3 Å². The van der Waals surface area contributed by atoms with E-state index >= 15 is 0 Å². The number of nitrogens with one attached hydrogen (secondary N) is 1. The molecule has 0 aliphatic carbocycles. The zero-order valence-corrected chi connectivity index (χ0v) is 12.9. The minimum atomic E-state index is -3.37. The molecule has 0 saturated heterocycles. The number of anilines is 2. The summed E-state index contributed by atoms with van der Waals surface area (Å²) in [4.78, 5) is 0.283. The second kappa shape index (κ2) is 6.15. The smallest absolute Gasteiger partial charge is 0.242 e. The molecule has 0 heterocycles. The van der Waals surface area contributed by atoms with Crippen molar-refractivity contribution in [1.29, 1.82) is 0 Å². The topological polar surface area (TPSA) is 75.4 Å². The van der Waals surface area contributed by atoms with Crippen LogP contribution in [-0.2, 0) is 16.6 Å². The molecule has 0 amide bonds. The maximum Gasteiger partial charge on any atom is 0.242 e. The molecule has 2 rings (SSSR count). The number of nitrogens with zero attached hydrogens (tertiary/aromatic N) is 1. The highest BCUT2D eigenvalue weighted by molar-refractivity contribution is 7.89. The number of hydrogen-bond donors (Lipinski definition) is 2. The van der Waals surface area contributed by atoms with Crippen LogP contribution >= 0.6 is 0 Å². The van der Waals surface area contributed by atoms with Crippen LogP contribution < -0.4 is 11.1 Å². The first kappa shape index (κ1) is 15.3. The highest BCUT2D eigenvalue weighted by Gasteiger charge is 2.16. The van der Waals surface area contributed by atoms with Crippen molar-refractivity contribution in [3.8, 4) is 0 Å². The predicted molar refractivity (Wildman–Crippen MR) is 85.5 cm³/mol. The van der Waals surface area contributed by atoms with Crippen LogP contribution in [0.1, 0.15) is 5.56 Å². The molecule has 21 heavy (non-hydrogen) atoms. The summed E-state index contributed by atoms with van der Waals surface area (Å²) in [6, 6.07) is 14.3. The summed E-state index contributed by atoms with van der Waals surface area (Å²) in [6.07, 6.45) is 0. The van der Waals surface area contributed by atoms with E-state index in [0.29, 0.717) is 6.54 Å². The van der Waals surface area contributed by atoms with Crippen molar-refractivity contribution >= 4 is 21.4 Å². The van der Waals surface area contributed by atoms with Gasteiger partial charge in [-0.15, -0.1) is 0 Å². The Bertz CT molecular complexity index is 693. The third-order valence-corrected chi connectivity index (χ3v) is 4.94. The maximum atomic E-state index is 11.9. The summed E-state index contributed by atoms with van der Waals surface area (Å²) in [6.45, 7) is 0.653. The quantitative estimate of drug-likeness (QED) is 0.830. The maximum absolute atomic E-state index is 11.9. The van der Waals surface area contributed by atoms with Gasteiger partial charge >= 0.3 is 0 Å². The first-order valence-electron chi connectivity index (χ1n) is 6.50. The van der Waals surface area contributed by atoms with Crippen LogP contribution in [0.3, 0.4) is 0 Å². The fourth-order valence-electron chi connectivity index (χ4n) is 1.80. The van der Waals surface area contributed by atoms with E-state index in [9.17, 15) is 8.42 Å². The molecule has 0 radical (unpaired) electrons. The van der Waals surface area contributed by atoms with Crippen LogP contribution in [0, 0.1) is 0 Å². The number of hydrogen-bond acceptors (Lipinski definition) is 4. The van der Waals surface area contributed by atoms with Crippen molar-refractivity contribution in [2.45, 2.75) is 11.4 Å². The highest BCUT2D eigenvalue weighted by atomic mass is 32.2. The molecule has 3 N–H and O–H groups in total. The Morgan fingerprint density at radius 2 is 1.57 bits per heavy atom. The van der Waals surface area contributed by atoms with Crippen molar-refractivity contribution in [3.05, 3.63) is 54.1 Å². The lowest BCUT2D eigenvalue weighted by molar-refractivity contribution is 0.521. The Morgan fingerprint density at radius 3 is 2.10 bits per heavy atom. The molecule has 112 valence electrons. The Morgan fingerprint density at radius 1 is 1.00 bits per heavy atom. The van der Waals surface area contributed by atoms with Crippen LogP contribution in [0.15, 0.2) is 53.4 Å². The fourth-order valence-corrected chi connectivity index (χ4v) is 2.70. The lowest BCUT2D eigenvalue weighted by Gasteiger charge is -2.12. The number of nitrogens with two attached hydrogens (primary N) is 1. The third kappa shape index (κ3) is 3.74. The van der Waals surface area contributed by atoms with E-state index in [0.717, 1.165) is 16.9 Å². The molecule has 0 saturated carbocycles. The Kier molecular flexibility index (Phi) is 4.50. The Labute approximate surface area is 125 Å². The van der Waals surface area contributed by atoms with Gasteiger partial charge in [-0.3, -0.25) is 0 Å². The van der Waals surface area contributed by atoms with Gasteiger partial charge in [0.05, 0.1) is 4.90 Å². The van der Waals surface area contributed by atoms with Crippen molar-refractivity contribution in [2.24, 2.45) is 0 Å². The zero-order valence-electron chi connectivity index (χ0n) is 12.1. The van der Waals surface area contributed by atoms with Crippen molar-refractivity contribution in [2.75, 3.05) is 25.1 Å². The van der Waals surface area contributed by atoms with E-state index in [-0.39, 0.29) is 4.90 Å². The second-order valence-electron chi connectivity index (χ2n) is 4.91. The normalized spacial score (nSPS) is 11.6. The zero-order chi connectivity index (χ0) is 15.5. The number of nitrogen functional groups attached to an aromatic ring is 1. The van der Waals surface area contributed by atoms with Crippen LogP contribution in [0.2, 0.25) is 0 Å². The van der Waals surface area contributed by atoms with Crippen LogP contribution in [-0.4, -0.2) is 26.8 Å². The third-order valence-electron chi connectivity index (χ3n) is 3.11. The summed E-state index contributed by atoms with van der Waals surface area (Å²) in [5.74, 6) is 0. The van der Waals surface area contributed by atoms with Gasteiger partial charge in [-0.05, 0) is 42.0 Å². The molecule has 0 aliphatic heterocycles. The molecular weight excluding hydrogens is 286 g/mol. The monoisotopic (exact) mass is 305 g/mol. The lowest BCUT2D eigenvalue weighted by atomic mass is 10.2. The molecule has 0 atom stereocenters. The Balaban J connectivity index is 2.05. The van der Waals surface area contributed by atoms with E-state index in [2.05, 4.69) is 5.32 Å². The fraction of sp³-hybridized carbons (Fsp3) is 0.200. The van der Waals surface area contributed by atoms with Gasteiger partial charge < -0.3 is 11.1 Å². The molecule has 0 unspecified atom stereocenters. The molecule has 2 aromatic rings. The molecule has 6 heteroatoms. The van der Waals surface area contributed by atoms with Crippen LogP contribution in [0.5, 0.6) is 0 Å². The highest BCUT2D eigenvalue weighted by Crippen LogP contribution is 2.17. The van der Waals surface area contributed by atoms with Crippen molar-refractivity contribution in [3.63, 3.8) is 0 Å². The minimum Gasteiger partial charge on any atom is -0.399 e. The molecule has 0 aliphatic rings. The SMILES string of the molecule is CN(C)S(=O)(=O)c1ccc(NCc2ccc(N)cc2)cc1. The van der Waals surface area contributed by atoms with E-state index in [1.165, 1.54) is 18.4 Å². The van der Waals surface area contributed by atoms with Gasteiger partial charge in [0.1, 0.15) is 0 Å². The van der Waals surface area contributed by atoms with Crippen molar-refractivity contribution in [1.82, 2.24) is 4.31 Å². The molecule has 5 nitrogen and oxygen atoms in total. The average Bonchev–Trinajstić information content (AvgIpc) is 2.47. The molecule has 0 fully saturated rings. The molecule has 0 bridgehead atoms. The number of rotatable bonds is 5. The van der Waals surface area contributed by atoms with Gasteiger partial charge in [0.25, 0.3) is 0 Å². The van der Waals surface area contributed by atoms with Gasteiger partial charge in [0.15, 0.2) is 0 Å². The summed E-state index contributed by atoms with van der Waals surface area (Å²) < 4.78 is 25.1. The summed E-state index contributed by atoms with van der Waals surface area (Å²) in [5.41, 5.74) is 8.34. The van der Waals surface area contributed by atoms with Crippen LogP contribution in [0.4, 0.5) is 11.4 Å². The number of benzene rings is 2. The lowest BCUT2D eigenvalue weighted by Crippen LogP contribution is -2.22. The number of sulfonamides is 1. The average molecular weight is 305 g/mol. The Hall–Kier alpha value is -2.05. The van der Waals surface area contributed by atoms with E-state index in [1.807, 2.05) is 24.3 Å².